The summed E-state index contributed by atoms with van der Waals surface area (Å²) in [7, 11) is 0. The molecule has 38 heavy (non-hydrogen) atoms. The van der Waals surface area contributed by atoms with Crippen molar-refractivity contribution >= 4 is 29.4 Å². The molecule has 2 aromatic rings. The molecule has 0 aromatic heterocycles. The Kier molecular flexibility index (Phi) is 8.64. The molecule has 1 heterocycles. The zero-order chi connectivity index (χ0) is 28.1. The summed E-state index contributed by atoms with van der Waals surface area (Å²) in [6.07, 6.45) is -4.87. The first-order valence-electron chi connectivity index (χ1n) is 11.8. The van der Waals surface area contributed by atoms with Gasteiger partial charge in [0.1, 0.15) is 5.60 Å². The number of alkyl halides is 3. The summed E-state index contributed by atoms with van der Waals surface area (Å²) in [6.45, 7) is 5.06. The van der Waals surface area contributed by atoms with Crippen molar-refractivity contribution in [2.75, 3.05) is 5.32 Å². The molecule has 1 aliphatic heterocycles. The Bertz CT molecular complexity index is 1220. The van der Waals surface area contributed by atoms with Gasteiger partial charge in [-0.1, -0.05) is 17.3 Å². The Labute approximate surface area is 217 Å². The highest BCUT2D eigenvalue weighted by Gasteiger charge is 2.30. The van der Waals surface area contributed by atoms with E-state index in [0.717, 1.165) is 12.1 Å². The average Bonchev–Trinajstić information content (AvgIpc) is 3.18. The number of ether oxygens (including phenoxy) is 1. The largest absolute Gasteiger partial charge is 0.444 e. The number of hydrogen-bond acceptors (Lipinski definition) is 6. The molecule has 0 fully saturated rings. The molecule has 3 rings (SSSR count). The molecule has 0 bridgehead atoms. The molecule has 0 spiro atoms. The smallest absolute Gasteiger partial charge is 0.416 e. The van der Waals surface area contributed by atoms with E-state index >= 15 is 0 Å². The Morgan fingerprint density at radius 1 is 1.13 bits per heavy atom. The second-order valence-corrected chi connectivity index (χ2v) is 9.87. The number of fused-ring (bicyclic) bond motifs is 1. The summed E-state index contributed by atoms with van der Waals surface area (Å²) in [5, 5.41) is 20.5. The highest BCUT2D eigenvalue weighted by Crippen LogP contribution is 2.29. The van der Waals surface area contributed by atoms with Crippen LogP contribution in [0.25, 0.3) is 0 Å². The zero-order valence-electron chi connectivity index (χ0n) is 21.1. The van der Waals surface area contributed by atoms with E-state index in [0.29, 0.717) is 22.4 Å². The third kappa shape index (κ3) is 8.22. The van der Waals surface area contributed by atoms with Crippen LogP contribution in [0, 0.1) is 0 Å². The fraction of sp³-hybridized carbons (Fsp3) is 0.385. The van der Waals surface area contributed by atoms with Gasteiger partial charge >= 0.3 is 12.3 Å². The normalized spacial score (nSPS) is 14.4. The number of carbonyl (C=O) groups excluding carboxylic acids is 3. The third-order valence-electron chi connectivity index (χ3n) is 5.57. The molecule has 4 N–H and O–H groups in total. The number of anilines is 1. The molecular formula is C26H29F3N4O5. The number of rotatable bonds is 7. The first kappa shape index (κ1) is 28.5. The van der Waals surface area contributed by atoms with Gasteiger partial charge in [0, 0.05) is 23.7 Å². The topological polar surface area (TPSA) is 129 Å². The minimum absolute atomic E-state index is 0.106. The van der Waals surface area contributed by atoms with E-state index in [1.807, 2.05) is 0 Å². The summed E-state index contributed by atoms with van der Waals surface area (Å²) in [6, 6.07) is 8.74. The van der Waals surface area contributed by atoms with Gasteiger partial charge in [-0.05, 0) is 75.1 Å². The van der Waals surface area contributed by atoms with Crippen molar-refractivity contribution in [1.29, 1.82) is 0 Å². The Morgan fingerprint density at radius 2 is 1.82 bits per heavy atom. The second-order valence-electron chi connectivity index (χ2n) is 9.87. The van der Waals surface area contributed by atoms with Crippen molar-refractivity contribution in [2.45, 2.75) is 64.3 Å². The fourth-order valence-corrected chi connectivity index (χ4v) is 3.85. The van der Waals surface area contributed by atoms with Gasteiger partial charge < -0.3 is 25.9 Å². The van der Waals surface area contributed by atoms with E-state index in [1.165, 1.54) is 12.1 Å². The number of amides is 3. The zero-order valence-corrected chi connectivity index (χ0v) is 21.1. The number of benzene rings is 2. The Hall–Kier alpha value is -4.09. The van der Waals surface area contributed by atoms with Gasteiger partial charge in [-0.25, -0.2) is 4.79 Å². The van der Waals surface area contributed by atoms with Crippen molar-refractivity contribution < 1.29 is 37.5 Å². The number of hydrogen-bond donors (Lipinski definition) is 4. The Balaban J connectivity index is 1.66. The molecule has 12 heteroatoms. The van der Waals surface area contributed by atoms with Crippen LogP contribution in [0.1, 0.15) is 55.9 Å². The van der Waals surface area contributed by atoms with Crippen LogP contribution < -0.4 is 16.0 Å². The molecule has 204 valence electrons. The minimum Gasteiger partial charge on any atom is -0.444 e. The van der Waals surface area contributed by atoms with Crippen molar-refractivity contribution in [3.05, 3.63) is 64.7 Å². The number of amidine groups is 1. The number of carbonyl (C=O) groups is 3. The van der Waals surface area contributed by atoms with E-state index < -0.39 is 35.4 Å². The SMILES string of the molecule is CC(C)(C)OC(=O)N[C@H](CCC(=O)N/C(=N/O)c1ccc2c(c1)CC(=O)N2)Cc1ccc(C(F)(F)F)cc1. The van der Waals surface area contributed by atoms with Crippen molar-refractivity contribution in [1.82, 2.24) is 10.6 Å². The third-order valence-corrected chi connectivity index (χ3v) is 5.57. The average molecular weight is 535 g/mol. The van der Waals surface area contributed by atoms with Crippen molar-refractivity contribution in [3.8, 4) is 0 Å². The monoisotopic (exact) mass is 534 g/mol. The number of alkyl carbamates (subject to hydrolysis) is 1. The van der Waals surface area contributed by atoms with Gasteiger partial charge in [-0.15, -0.1) is 0 Å². The molecule has 0 unspecified atom stereocenters. The van der Waals surface area contributed by atoms with E-state index in [1.54, 1.807) is 39.0 Å². The first-order chi connectivity index (χ1) is 17.7. The van der Waals surface area contributed by atoms with Crippen molar-refractivity contribution in [3.63, 3.8) is 0 Å². The molecule has 2 aromatic carbocycles. The van der Waals surface area contributed by atoms with Crippen molar-refractivity contribution in [2.24, 2.45) is 5.16 Å². The second kappa shape index (κ2) is 11.5. The maximum absolute atomic E-state index is 12.9. The van der Waals surface area contributed by atoms with Crippen LogP contribution in [0.4, 0.5) is 23.7 Å². The lowest BCUT2D eigenvalue weighted by Gasteiger charge is -2.24. The van der Waals surface area contributed by atoms with Crippen LogP contribution in [0.5, 0.6) is 0 Å². The molecule has 3 amide bonds. The van der Waals surface area contributed by atoms with Gasteiger partial charge in [-0.3, -0.25) is 9.59 Å². The Morgan fingerprint density at radius 3 is 2.42 bits per heavy atom. The summed E-state index contributed by atoms with van der Waals surface area (Å²) in [5.41, 5.74) is 0.688. The summed E-state index contributed by atoms with van der Waals surface area (Å²) in [5.74, 6) is -0.798. The van der Waals surface area contributed by atoms with Gasteiger partial charge in [0.2, 0.25) is 11.8 Å². The maximum atomic E-state index is 12.9. The van der Waals surface area contributed by atoms with Gasteiger partial charge in [-0.2, -0.15) is 13.2 Å². The van der Waals surface area contributed by atoms with Crippen LogP contribution in [0.2, 0.25) is 0 Å². The predicted molar refractivity (Wildman–Crippen MR) is 133 cm³/mol. The molecule has 0 aliphatic carbocycles. The summed E-state index contributed by atoms with van der Waals surface area (Å²) < 4.78 is 44.0. The summed E-state index contributed by atoms with van der Waals surface area (Å²) in [4.78, 5) is 36.6. The number of halogens is 3. The van der Waals surface area contributed by atoms with Gasteiger partial charge in [0.25, 0.3) is 0 Å². The first-order valence-corrected chi connectivity index (χ1v) is 11.8. The van der Waals surface area contributed by atoms with E-state index in [4.69, 9.17) is 4.74 Å². The van der Waals surface area contributed by atoms with Crippen LogP contribution in [-0.4, -0.2) is 40.6 Å². The fourth-order valence-electron chi connectivity index (χ4n) is 3.85. The predicted octanol–water partition coefficient (Wildman–Crippen LogP) is 4.37. The number of oxime groups is 1. The van der Waals surface area contributed by atoms with E-state index in [2.05, 4.69) is 21.1 Å². The lowest BCUT2D eigenvalue weighted by molar-refractivity contribution is -0.137. The maximum Gasteiger partial charge on any atom is 0.416 e. The molecule has 9 nitrogen and oxygen atoms in total. The standard InChI is InChI=1S/C26H29F3N4O5/c1-25(2,3)38-24(36)30-19(12-15-4-7-18(8-5-15)26(27,28)29)9-11-21(34)32-23(33-37)16-6-10-20-17(13-16)14-22(35)31-20/h4-8,10,13,19,37H,9,11-12,14H2,1-3H3,(H,30,36)(H,31,35)(H,32,33,34)/t19-/m1/s1. The van der Waals surface area contributed by atoms with Crippen LogP contribution in [0.3, 0.4) is 0 Å². The molecule has 0 saturated heterocycles. The number of nitrogens with zero attached hydrogens (tertiary/aromatic N) is 1. The van der Waals surface area contributed by atoms with Crippen LogP contribution in [-0.2, 0) is 33.3 Å². The molecule has 1 aliphatic rings. The quantitative estimate of drug-likeness (QED) is 0.182. The van der Waals surface area contributed by atoms with Crippen LogP contribution >= 0.6 is 0 Å². The molecule has 0 radical (unpaired) electrons. The molecule has 1 atom stereocenters. The van der Waals surface area contributed by atoms with Crippen LogP contribution in [0.15, 0.2) is 47.6 Å². The highest BCUT2D eigenvalue weighted by molar-refractivity contribution is 6.09. The molecular weight excluding hydrogens is 505 g/mol. The minimum atomic E-state index is -4.47. The van der Waals surface area contributed by atoms with E-state index in [-0.39, 0.29) is 37.4 Å². The van der Waals surface area contributed by atoms with Gasteiger partial charge in [0.05, 0.1) is 12.0 Å². The highest BCUT2D eigenvalue weighted by atomic mass is 19.4. The lowest BCUT2D eigenvalue weighted by atomic mass is 10.0. The summed E-state index contributed by atoms with van der Waals surface area (Å²) >= 11 is 0. The van der Waals surface area contributed by atoms with E-state index in [9.17, 15) is 32.8 Å². The molecule has 0 saturated carbocycles. The number of nitrogens with one attached hydrogen (secondary N) is 3. The lowest BCUT2D eigenvalue weighted by Crippen LogP contribution is -2.41. The van der Waals surface area contributed by atoms with Gasteiger partial charge in [0.15, 0.2) is 5.84 Å².